The average Bonchev–Trinajstić information content (AvgIpc) is 3.14. The summed E-state index contributed by atoms with van der Waals surface area (Å²) in [5.74, 6) is 2.44. The number of unbranched alkanes of at least 4 members (excludes halogenated alkanes) is 1. The Morgan fingerprint density at radius 2 is 2.04 bits per heavy atom. The molecule has 1 saturated heterocycles. The van der Waals surface area contributed by atoms with Crippen molar-refractivity contribution < 1.29 is 5.11 Å². The molecule has 3 atom stereocenters. The minimum Gasteiger partial charge on any atom is -0.383 e. The molecule has 1 aliphatic heterocycles. The third-order valence-electron chi connectivity index (χ3n) is 5.08. The number of aliphatic hydroxyl groups is 1. The van der Waals surface area contributed by atoms with Gasteiger partial charge in [-0.15, -0.1) is 11.3 Å². The predicted molar refractivity (Wildman–Crippen MR) is 116 cm³/mol. The van der Waals surface area contributed by atoms with Crippen molar-refractivity contribution in [3.63, 3.8) is 0 Å². The van der Waals surface area contributed by atoms with Crippen molar-refractivity contribution in [1.29, 1.82) is 0 Å². The van der Waals surface area contributed by atoms with Crippen LogP contribution >= 0.6 is 11.3 Å². The van der Waals surface area contributed by atoms with Gasteiger partial charge in [-0.2, -0.15) is 0 Å². The molecule has 3 N–H and O–H groups in total. The smallest absolute Gasteiger partial charge is 0.191 e. The number of rotatable bonds is 9. The highest BCUT2D eigenvalue weighted by molar-refractivity contribution is 7.10. The molecule has 0 radical (unpaired) electrons. The lowest BCUT2D eigenvalue weighted by atomic mass is 9.92. The largest absolute Gasteiger partial charge is 0.383 e. The molecule has 2 rings (SSSR count). The maximum Gasteiger partial charge on any atom is 0.191 e. The van der Waals surface area contributed by atoms with Crippen molar-refractivity contribution in [2.75, 3.05) is 39.3 Å². The van der Waals surface area contributed by atoms with Crippen molar-refractivity contribution in [2.24, 2.45) is 16.8 Å². The number of hydrogen-bond donors (Lipinski definition) is 3. The summed E-state index contributed by atoms with van der Waals surface area (Å²) in [6.07, 6.45) is 3.71. The van der Waals surface area contributed by atoms with Crippen LogP contribution in [0.25, 0.3) is 0 Å². The Kier molecular flexibility index (Phi) is 9.06. The van der Waals surface area contributed by atoms with E-state index in [-0.39, 0.29) is 0 Å². The van der Waals surface area contributed by atoms with E-state index < -0.39 is 5.60 Å². The maximum absolute atomic E-state index is 10.6. The van der Waals surface area contributed by atoms with Crippen molar-refractivity contribution in [2.45, 2.75) is 52.6 Å². The minimum absolute atomic E-state index is 0.354. The van der Waals surface area contributed by atoms with Crippen LogP contribution in [-0.4, -0.2) is 55.2 Å². The zero-order valence-corrected chi connectivity index (χ0v) is 18.3. The summed E-state index contributed by atoms with van der Waals surface area (Å²) in [6, 6.07) is 3.92. The molecule has 1 aliphatic rings. The zero-order valence-electron chi connectivity index (χ0n) is 17.5. The lowest BCUT2D eigenvalue weighted by Crippen LogP contribution is -2.40. The van der Waals surface area contributed by atoms with E-state index in [2.05, 4.69) is 41.3 Å². The average molecular weight is 395 g/mol. The van der Waals surface area contributed by atoms with Crippen molar-refractivity contribution >= 4 is 17.3 Å². The summed E-state index contributed by atoms with van der Waals surface area (Å²) >= 11 is 1.57. The Labute approximate surface area is 169 Å². The van der Waals surface area contributed by atoms with Gasteiger partial charge in [0.05, 0.1) is 6.54 Å². The van der Waals surface area contributed by atoms with Crippen molar-refractivity contribution in [1.82, 2.24) is 15.5 Å². The molecule has 2 heterocycles. The number of thiophene rings is 1. The van der Waals surface area contributed by atoms with Gasteiger partial charge in [-0.25, -0.2) is 4.99 Å². The highest BCUT2D eigenvalue weighted by Gasteiger charge is 2.24. The zero-order chi connectivity index (χ0) is 19.7. The molecule has 0 spiro atoms. The Morgan fingerprint density at radius 1 is 1.30 bits per heavy atom. The standard InChI is InChI=1S/C21H38N4OS/c1-5-22-20(24-16-21(4,26)19-9-8-12-27-19)23-10-6-7-11-25-14-17(2)13-18(3)15-25/h8-9,12,17-18,26H,5-7,10-11,13-16H2,1-4H3,(H2,22,23,24). The lowest BCUT2D eigenvalue weighted by molar-refractivity contribution is 0.0711. The summed E-state index contributed by atoms with van der Waals surface area (Å²) in [5.41, 5.74) is -0.918. The van der Waals surface area contributed by atoms with E-state index in [1.54, 1.807) is 11.3 Å². The van der Waals surface area contributed by atoms with Gasteiger partial charge in [0, 0.05) is 31.1 Å². The van der Waals surface area contributed by atoms with E-state index in [0.29, 0.717) is 6.54 Å². The van der Waals surface area contributed by atoms with E-state index in [1.165, 1.54) is 32.5 Å². The molecule has 1 aromatic heterocycles. The van der Waals surface area contributed by atoms with Crippen LogP contribution in [0.3, 0.4) is 0 Å². The second kappa shape index (κ2) is 11.0. The predicted octanol–water partition coefficient (Wildman–Crippen LogP) is 3.27. The topological polar surface area (TPSA) is 59.9 Å². The molecule has 0 amide bonds. The van der Waals surface area contributed by atoms with Crippen LogP contribution in [-0.2, 0) is 5.60 Å². The highest BCUT2D eigenvalue weighted by Crippen LogP contribution is 2.25. The molecular weight excluding hydrogens is 356 g/mol. The molecular formula is C21H38N4OS. The number of likely N-dealkylation sites (tertiary alicyclic amines) is 1. The first-order valence-electron chi connectivity index (χ1n) is 10.4. The first-order valence-corrected chi connectivity index (χ1v) is 11.3. The Bertz CT molecular complexity index is 549. The van der Waals surface area contributed by atoms with Crippen LogP contribution in [0.1, 0.15) is 51.8 Å². The molecule has 154 valence electrons. The van der Waals surface area contributed by atoms with Crippen LogP contribution < -0.4 is 10.6 Å². The fourth-order valence-corrected chi connectivity index (χ4v) is 4.66. The number of aliphatic imine (C=N–C) groups is 1. The Balaban J connectivity index is 1.71. The summed E-state index contributed by atoms with van der Waals surface area (Å²) in [6.45, 7) is 14.4. The van der Waals surface area contributed by atoms with Gasteiger partial charge in [0.1, 0.15) is 5.60 Å². The van der Waals surface area contributed by atoms with Gasteiger partial charge in [-0.05, 0) is 62.9 Å². The molecule has 3 unspecified atom stereocenters. The second-order valence-electron chi connectivity index (χ2n) is 8.29. The van der Waals surface area contributed by atoms with Crippen LogP contribution in [0.5, 0.6) is 0 Å². The molecule has 0 aromatic carbocycles. The van der Waals surface area contributed by atoms with E-state index in [4.69, 9.17) is 0 Å². The number of nitrogens with one attached hydrogen (secondary N) is 2. The van der Waals surface area contributed by atoms with Gasteiger partial charge < -0.3 is 20.6 Å². The van der Waals surface area contributed by atoms with Gasteiger partial charge in [-0.1, -0.05) is 19.9 Å². The lowest BCUT2D eigenvalue weighted by Gasteiger charge is -2.34. The van der Waals surface area contributed by atoms with Crippen LogP contribution in [0.2, 0.25) is 0 Å². The van der Waals surface area contributed by atoms with Crippen LogP contribution in [0.15, 0.2) is 22.5 Å². The van der Waals surface area contributed by atoms with Gasteiger partial charge in [0.2, 0.25) is 0 Å². The third-order valence-corrected chi connectivity index (χ3v) is 6.20. The molecule has 27 heavy (non-hydrogen) atoms. The monoisotopic (exact) mass is 394 g/mol. The van der Waals surface area contributed by atoms with E-state index in [9.17, 15) is 5.11 Å². The summed E-state index contributed by atoms with van der Waals surface area (Å²) < 4.78 is 0. The second-order valence-corrected chi connectivity index (χ2v) is 9.23. The molecule has 0 bridgehead atoms. The SMILES string of the molecule is CCNC(=NCC(C)(O)c1cccs1)NCCCCN1CC(C)CC(C)C1. The van der Waals surface area contributed by atoms with E-state index >= 15 is 0 Å². The summed E-state index contributed by atoms with van der Waals surface area (Å²) in [7, 11) is 0. The number of nitrogens with zero attached hydrogens (tertiary/aromatic N) is 2. The molecule has 1 fully saturated rings. The summed E-state index contributed by atoms with van der Waals surface area (Å²) in [5, 5.41) is 19.3. The van der Waals surface area contributed by atoms with Crippen LogP contribution in [0.4, 0.5) is 0 Å². The van der Waals surface area contributed by atoms with Crippen molar-refractivity contribution in [3.8, 4) is 0 Å². The first-order chi connectivity index (χ1) is 12.9. The van der Waals surface area contributed by atoms with Crippen LogP contribution in [0, 0.1) is 11.8 Å². The molecule has 6 heteroatoms. The fourth-order valence-electron chi connectivity index (χ4n) is 3.88. The quantitative estimate of drug-likeness (QED) is 0.342. The van der Waals surface area contributed by atoms with Gasteiger partial charge in [0.25, 0.3) is 0 Å². The molecule has 0 saturated carbocycles. The fraction of sp³-hybridized carbons (Fsp3) is 0.762. The van der Waals surface area contributed by atoms with Crippen molar-refractivity contribution in [3.05, 3.63) is 22.4 Å². The number of guanidine groups is 1. The number of hydrogen-bond acceptors (Lipinski definition) is 4. The van der Waals surface area contributed by atoms with Gasteiger partial charge in [0.15, 0.2) is 5.96 Å². The molecule has 5 nitrogen and oxygen atoms in total. The normalized spacial score (nSPS) is 23.8. The summed E-state index contributed by atoms with van der Waals surface area (Å²) in [4.78, 5) is 8.16. The van der Waals surface area contributed by atoms with E-state index in [1.807, 2.05) is 24.4 Å². The highest BCUT2D eigenvalue weighted by atomic mass is 32.1. The Hall–Kier alpha value is -1.11. The van der Waals surface area contributed by atoms with Gasteiger partial charge >= 0.3 is 0 Å². The molecule has 0 aliphatic carbocycles. The minimum atomic E-state index is -0.918. The van der Waals surface area contributed by atoms with E-state index in [0.717, 1.165) is 42.2 Å². The Morgan fingerprint density at radius 3 is 2.67 bits per heavy atom. The molecule has 1 aromatic rings. The third kappa shape index (κ3) is 7.80. The maximum atomic E-state index is 10.6. The number of piperidine rings is 1. The first kappa shape index (κ1) is 22.2. The van der Waals surface area contributed by atoms with Gasteiger partial charge in [-0.3, -0.25) is 0 Å².